The summed E-state index contributed by atoms with van der Waals surface area (Å²) >= 11 is 1.57. The normalized spacial score (nSPS) is 11.2. The number of benzene rings is 1. The molecule has 0 radical (unpaired) electrons. The van der Waals surface area contributed by atoms with Crippen molar-refractivity contribution in [1.82, 2.24) is 20.2 Å². The minimum atomic E-state index is 0.679. The molecular weight excluding hydrogens is 268 g/mol. The van der Waals surface area contributed by atoms with Gasteiger partial charge in [0.1, 0.15) is 6.33 Å². The van der Waals surface area contributed by atoms with E-state index in [2.05, 4.69) is 63.7 Å². The second-order valence-corrected chi connectivity index (χ2v) is 6.02. The molecule has 0 saturated heterocycles. The first-order chi connectivity index (χ1) is 9.72. The smallest absolute Gasteiger partial charge is 0.184 e. The summed E-state index contributed by atoms with van der Waals surface area (Å²) in [4.78, 5) is 8.72. The summed E-state index contributed by atoms with van der Waals surface area (Å²) in [6, 6.07) is 8.64. The van der Waals surface area contributed by atoms with Crippen molar-refractivity contribution in [3.05, 3.63) is 41.5 Å². The van der Waals surface area contributed by atoms with Crippen LogP contribution in [0.25, 0.3) is 22.1 Å². The molecule has 0 fully saturated rings. The predicted molar refractivity (Wildman–Crippen MR) is 81.5 cm³/mol. The first kappa shape index (κ1) is 13.0. The monoisotopic (exact) mass is 284 g/mol. The standard InChI is InChI=1S/C15H16N4S/c1-10(2)7-11-3-5-12(6-4-11)13-8-20-15(18-13)14-16-9-17-19-14/h3-6,8-10H,7H2,1-2H3,(H,16,17,19). The zero-order valence-electron chi connectivity index (χ0n) is 11.5. The third-order valence-corrected chi connectivity index (χ3v) is 3.86. The number of rotatable bonds is 4. The Morgan fingerprint density at radius 1 is 1.20 bits per heavy atom. The van der Waals surface area contributed by atoms with Crippen LogP contribution in [0.5, 0.6) is 0 Å². The Hall–Kier alpha value is -2.01. The maximum atomic E-state index is 4.60. The zero-order chi connectivity index (χ0) is 13.9. The van der Waals surface area contributed by atoms with E-state index in [0.29, 0.717) is 5.92 Å². The van der Waals surface area contributed by atoms with Gasteiger partial charge in [-0.2, -0.15) is 5.10 Å². The number of hydrogen-bond donors (Lipinski definition) is 1. The average molecular weight is 284 g/mol. The van der Waals surface area contributed by atoms with Crippen LogP contribution in [0.4, 0.5) is 0 Å². The molecule has 1 N–H and O–H groups in total. The number of nitrogens with one attached hydrogen (secondary N) is 1. The predicted octanol–water partition coefficient (Wildman–Crippen LogP) is 3.79. The third-order valence-electron chi connectivity index (χ3n) is 3.02. The van der Waals surface area contributed by atoms with Crippen LogP contribution in [0.15, 0.2) is 36.0 Å². The lowest BCUT2D eigenvalue weighted by atomic mass is 10.0. The van der Waals surface area contributed by atoms with E-state index in [-0.39, 0.29) is 0 Å². The van der Waals surface area contributed by atoms with E-state index in [0.717, 1.165) is 28.5 Å². The highest BCUT2D eigenvalue weighted by molar-refractivity contribution is 7.13. The Kier molecular flexibility index (Phi) is 3.60. The molecule has 1 aromatic carbocycles. The lowest BCUT2D eigenvalue weighted by molar-refractivity contribution is 0.647. The quantitative estimate of drug-likeness (QED) is 0.793. The molecule has 0 amide bonds. The molecule has 3 rings (SSSR count). The molecule has 0 unspecified atom stereocenters. The molecule has 5 heteroatoms. The fourth-order valence-electron chi connectivity index (χ4n) is 2.11. The van der Waals surface area contributed by atoms with E-state index in [1.54, 1.807) is 11.3 Å². The van der Waals surface area contributed by atoms with E-state index in [9.17, 15) is 0 Å². The summed E-state index contributed by atoms with van der Waals surface area (Å²) in [6.45, 7) is 4.47. The second-order valence-electron chi connectivity index (χ2n) is 5.17. The molecule has 0 atom stereocenters. The van der Waals surface area contributed by atoms with Gasteiger partial charge in [0.2, 0.25) is 0 Å². The SMILES string of the molecule is CC(C)Cc1ccc(-c2csc(-c3ncn[nH]3)n2)cc1. The van der Waals surface area contributed by atoms with Crippen molar-refractivity contribution in [2.45, 2.75) is 20.3 Å². The average Bonchev–Trinajstić information content (AvgIpc) is 3.10. The minimum absolute atomic E-state index is 0.679. The maximum absolute atomic E-state index is 4.60. The first-order valence-electron chi connectivity index (χ1n) is 6.63. The first-order valence-corrected chi connectivity index (χ1v) is 7.51. The van der Waals surface area contributed by atoms with Crippen molar-refractivity contribution >= 4 is 11.3 Å². The van der Waals surface area contributed by atoms with Crippen molar-refractivity contribution in [3.8, 4) is 22.1 Å². The molecule has 3 aromatic rings. The molecule has 0 spiro atoms. The highest BCUT2D eigenvalue weighted by atomic mass is 32.1. The molecule has 102 valence electrons. The Balaban J connectivity index is 1.83. The van der Waals surface area contributed by atoms with Crippen LogP contribution in [-0.2, 0) is 6.42 Å². The largest absolute Gasteiger partial charge is 0.257 e. The lowest BCUT2D eigenvalue weighted by Crippen LogP contribution is -1.93. The van der Waals surface area contributed by atoms with Crippen LogP contribution in [0.1, 0.15) is 19.4 Å². The highest BCUT2D eigenvalue weighted by Crippen LogP contribution is 2.27. The van der Waals surface area contributed by atoms with Gasteiger partial charge in [-0.3, -0.25) is 5.10 Å². The molecule has 20 heavy (non-hydrogen) atoms. The van der Waals surface area contributed by atoms with E-state index >= 15 is 0 Å². The number of thiazole rings is 1. The molecular formula is C15H16N4S. The zero-order valence-corrected chi connectivity index (χ0v) is 12.3. The Bertz CT molecular complexity index is 668. The number of nitrogens with zero attached hydrogens (tertiary/aromatic N) is 3. The summed E-state index contributed by atoms with van der Waals surface area (Å²) in [6.07, 6.45) is 2.61. The van der Waals surface area contributed by atoms with Gasteiger partial charge < -0.3 is 0 Å². The summed E-state index contributed by atoms with van der Waals surface area (Å²) in [7, 11) is 0. The van der Waals surface area contributed by atoms with Gasteiger partial charge in [0, 0.05) is 10.9 Å². The van der Waals surface area contributed by atoms with Crippen molar-refractivity contribution in [2.75, 3.05) is 0 Å². The molecule has 0 aliphatic heterocycles. The topological polar surface area (TPSA) is 54.5 Å². The molecule has 0 saturated carbocycles. The van der Waals surface area contributed by atoms with Crippen LogP contribution in [-0.4, -0.2) is 20.2 Å². The van der Waals surface area contributed by atoms with Crippen LogP contribution in [0.3, 0.4) is 0 Å². The summed E-state index contributed by atoms with van der Waals surface area (Å²) in [5.74, 6) is 1.40. The lowest BCUT2D eigenvalue weighted by Gasteiger charge is -2.05. The highest BCUT2D eigenvalue weighted by Gasteiger charge is 2.08. The van der Waals surface area contributed by atoms with Crippen LogP contribution in [0.2, 0.25) is 0 Å². The molecule has 2 heterocycles. The van der Waals surface area contributed by atoms with Gasteiger partial charge >= 0.3 is 0 Å². The molecule has 4 nitrogen and oxygen atoms in total. The van der Waals surface area contributed by atoms with Gasteiger partial charge in [-0.15, -0.1) is 11.3 Å². The summed E-state index contributed by atoms with van der Waals surface area (Å²) < 4.78 is 0. The summed E-state index contributed by atoms with van der Waals surface area (Å²) in [5, 5.41) is 9.60. The number of hydrogen-bond acceptors (Lipinski definition) is 4. The molecule has 2 aromatic heterocycles. The maximum Gasteiger partial charge on any atom is 0.184 e. The van der Waals surface area contributed by atoms with E-state index in [1.165, 1.54) is 11.9 Å². The minimum Gasteiger partial charge on any atom is -0.257 e. The van der Waals surface area contributed by atoms with Gasteiger partial charge in [0.25, 0.3) is 0 Å². The van der Waals surface area contributed by atoms with Gasteiger partial charge in [-0.1, -0.05) is 38.1 Å². The third kappa shape index (κ3) is 2.77. The van der Waals surface area contributed by atoms with Crippen molar-refractivity contribution in [3.63, 3.8) is 0 Å². The van der Waals surface area contributed by atoms with Gasteiger partial charge in [-0.05, 0) is 17.9 Å². The Morgan fingerprint density at radius 3 is 2.65 bits per heavy atom. The fourth-order valence-corrected chi connectivity index (χ4v) is 2.88. The summed E-state index contributed by atoms with van der Waals surface area (Å²) in [5.41, 5.74) is 3.49. The van der Waals surface area contributed by atoms with E-state index in [1.807, 2.05) is 0 Å². The molecule has 0 aliphatic carbocycles. The van der Waals surface area contributed by atoms with Gasteiger partial charge in [0.05, 0.1) is 5.69 Å². The van der Waals surface area contributed by atoms with Gasteiger partial charge in [0.15, 0.2) is 10.8 Å². The Labute approximate surface area is 121 Å². The number of aromatic amines is 1. The van der Waals surface area contributed by atoms with E-state index in [4.69, 9.17) is 0 Å². The van der Waals surface area contributed by atoms with Crippen LogP contribution < -0.4 is 0 Å². The Morgan fingerprint density at radius 2 is 2.00 bits per heavy atom. The van der Waals surface area contributed by atoms with Crippen LogP contribution in [0, 0.1) is 5.92 Å². The number of aromatic nitrogens is 4. The van der Waals surface area contributed by atoms with Crippen LogP contribution >= 0.6 is 11.3 Å². The van der Waals surface area contributed by atoms with E-state index < -0.39 is 0 Å². The van der Waals surface area contributed by atoms with Crippen molar-refractivity contribution < 1.29 is 0 Å². The second kappa shape index (κ2) is 5.54. The molecule has 0 bridgehead atoms. The molecule has 0 aliphatic rings. The van der Waals surface area contributed by atoms with Gasteiger partial charge in [-0.25, -0.2) is 9.97 Å². The van der Waals surface area contributed by atoms with Crippen molar-refractivity contribution in [1.29, 1.82) is 0 Å². The fraction of sp³-hybridized carbons (Fsp3) is 0.267. The number of H-pyrrole nitrogens is 1. The van der Waals surface area contributed by atoms with Crippen molar-refractivity contribution in [2.24, 2.45) is 5.92 Å².